The van der Waals surface area contributed by atoms with Crippen LogP contribution in [0.5, 0.6) is 0 Å². The molecule has 3 N–H and O–H groups in total. The van der Waals surface area contributed by atoms with Gasteiger partial charge >= 0.3 is 5.97 Å². The standard InChI is InChI=1S/C19H18FN7O3.C3H6/c1-9(2)24-18-16(20)15(19(29)30-3)14(10-4-23-26-17(10)18)11-6-27-7-12(22-8-28)25-13(27)5-21-11;1-2-3-1/h4-9,24H,1-3H3,(H,22,28)(H,23,26);1-3H2. The molecule has 0 saturated heterocycles. The van der Waals surface area contributed by atoms with E-state index in [0.29, 0.717) is 34.5 Å². The zero-order valence-corrected chi connectivity index (χ0v) is 18.5. The van der Waals surface area contributed by atoms with Crippen LogP contribution in [0.15, 0.2) is 24.8 Å². The molecule has 11 heteroatoms. The molecule has 1 fully saturated rings. The summed E-state index contributed by atoms with van der Waals surface area (Å²) < 4.78 is 22.0. The molecule has 1 amide bonds. The van der Waals surface area contributed by atoms with Crippen molar-refractivity contribution in [3.05, 3.63) is 36.2 Å². The summed E-state index contributed by atoms with van der Waals surface area (Å²) in [7, 11) is 1.19. The normalized spacial score (nSPS) is 12.4. The van der Waals surface area contributed by atoms with Crippen LogP contribution >= 0.6 is 0 Å². The largest absolute Gasteiger partial charge is 0.465 e. The van der Waals surface area contributed by atoms with E-state index in [2.05, 4.69) is 30.8 Å². The lowest BCUT2D eigenvalue weighted by molar-refractivity contribution is -0.105. The Morgan fingerprint density at radius 2 is 2.03 bits per heavy atom. The van der Waals surface area contributed by atoms with Gasteiger partial charge in [-0.15, -0.1) is 0 Å². The summed E-state index contributed by atoms with van der Waals surface area (Å²) in [6, 6.07) is -0.0912. The lowest BCUT2D eigenvalue weighted by Gasteiger charge is -2.17. The number of anilines is 2. The fourth-order valence-corrected chi connectivity index (χ4v) is 3.29. The van der Waals surface area contributed by atoms with Crippen molar-refractivity contribution in [3.8, 4) is 11.3 Å². The van der Waals surface area contributed by atoms with Crippen molar-refractivity contribution in [2.24, 2.45) is 0 Å². The molecule has 4 aromatic rings. The molecular formula is C22H24FN7O3. The van der Waals surface area contributed by atoms with E-state index in [1.54, 1.807) is 16.8 Å². The van der Waals surface area contributed by atoms with Crippen LogP contribution in [0.4, 0.5) is 15.9 Å². The van der Waals surface area contributed by atoms with E-state index in [-0.39, 0.29) is 22.9 Å². The van der Waals surface area contributed by atoms with Gasteiger partial charge in [0, 0.05) is 23.2 Å². The van der Waals surface area contributed by atoms with Crippen molar-refractivity contribution in [1.82, 2.24) is 24.6 Å². The number of aromatic amines is 1. The summed E-state index contributed by atoms with van der Waals surface area (Å²) in [5.41, 5.74) is 1.28. The Balaban J connectivity index is 0.000000799. The predicted molar refractivity (Wildman–Crippen MR) is 122 cm³/mol. The number of imidazole rings is 1. The number of carbonyl (C=O) groups excluding carboxylic acids is 2. The summed E-state index contributed by atoms with van der Waals surface area (Å²) in [4.78, 5) is 31.8. The lowest BCUT2D eigenvalue weighted by atomic mass is 9.98. The smallest absolute Gasteiger partial charge is 0.341 e. The fraction of sp³-hybridized carbons (Fsp3) is 0.318. The molecule has 1 aliphatic carbocycles. The number of amides is 1. The van der Waals surface area contributed by atoms with Gasteiger partial charge in [0.25, 0.3) is 0 Å². The number of hydrogen-bond donors (Lipinski definition) is 3. The molecule has 33 heavy (non-hydrogen) atoms. The van der Waals surface area contributed by atoms with Gasteiger partial charge in [0.2, 0.25) is 6.41 Å². The van der Waals surface area contributed by atoms with E-state index in [0.717, 1.165) is 0 Å². The number of hydrogen-bond acceptors (Lipinski definition) is 7. The third-order valence-corrected chi connectivity index (χ3v) is 4.83. The first-order valence-electron chi connectivity index (χ1n) is 10.5. The molecule has 1 saturated carbocycles. The topological polar surface area (TPSA) is 126 Å². The second-order valence-electron chi connectivity index (χ2n) is 7.88. The van der Waals surface area contributed by atoms with Gasteiger partial charge in [-0.05, 0) is 13.8 Å². The molecule has 1 aliphatic rings. The highest BCUT2D eigenvalue weighted by molar-refractivity contribution is 6.11. The molecule has 172 valence electrons. The number of nitrogens with zero attached hydrogens (tertiary/aromatic N) is 4. The Kier molecular flexibility index (Phi) is 6.20. The van der Waals surface area contributed by atoms with Crippen molar-refractivity contribution >= 4 is 40.4 Å². The zero-order valence-electron chi connectivity index (χ0n) is 18.5. The maximum atomic E-state index is 15.5. The fourth-order valence-electron chi connectivity index (χ4n) is 3.29. The number of carbonyl (C=O) groups is 2. The second-order valence-corrected chi connectivity index (χ2v) is 7.88. The van der Waals surface area contributed by atoms with Gasteiger partial charge in [0.15, 0.2) is 17.3 Å². The van der Waals surface area contributed by atoms with E-state index in [4.69, 9.17) is 4.74 Å². The highest BCUT2D eigenvalue weighted by Gasteiger charge is 2.28. The molecule has 3 aromatic heterocycles. The molecule has 5 rings (SSSR count). The second kappa shape index (κ2) is 9.23. The van der Waals surface area contributed by atoms with Gasteiger partial charge in [-0.1, -0.05) is 19.3 Å². The zero-order chi connectivity index (χ0) is 23.5. The SMILES string of the molecule is C1CC1.COC(=O)c1c(F)c(NC(C)C)c2[nH]ncc2c1-c1cn2cc(NC=O)nc2cn1. The highest BCUT2D eigenvalue weighted by atomic mass is 19.1. The van der Waals surface area contributed by atoms with Crippen LogP contribution in [-0.4, -0.2) is 50.1 Å². The first kappa shape index (κ1) is 22.2. The Labute approximate surface area is 188 Å². The summed E-state index contributed by atoms with van der Waals surface area (Å²) in [6.07, 6.45) is 11.1. The molecule has 0 aliphatic heterocycles. The number of H-pyrrole nitrogens is 1. The van der Waals surface area contributed by atoms with Gasteiger partial charge < -0.3 is 19.8 Å². The molecule has 3 heterocycles. The van der Waals surface area contributed by atoms with Crippen LogP contribution in [0.2, 0.25) is 0 Å². The average Bonchev–Trinajstić information content (AvgIpc) is 3.50. The van der Waals surface area contributed by atoms with Crippen molar-refractivity contribution < 1.29 is 18.7 Å². The van der Waals surface area contributed by atoms with Gasteiger partial charge in [-0.2, -0.15) is 5.10 Å². The quantitative estimate of drug-likeness (QED) is 0.300. The molecule has 0 radical (unpaired) electrons. The van der Waals surface area contributed by atoms with E-state index >= 15 is 4.39 Å². The highest BCUT2D eigenvalue weighted by Crippen LogP contribution is 2.38. The molecule has 1 aromatic carbocycles. The minimum absolute atomic E-state index is 0.0912. The Morgan fingerprint density at radius 3 is 2.67 bits per heavy atom. The van der Waals surface area contributed by atoms with Crippen LogP contribution < -0.4 is 10.6 Å². The third-order valence-electron chi connectivity index (χ3n) is 4.83. The van der Waals surface area contributed by atoms with Gasteiger partial charge in [0.1, 0.15) is 5.56 Å². The number of aromatic nitrogens is 5. The molecule has 0 atom stereocenters. The third kappa shape index (κ3) is 4.47. The number of benzene rings is 1. The maximum absolute atomic E-state index is 15.5. The van der Waals surface area contributed by atoms with Crippen molar-refractivity contribution in [3.63, 3.8) is 0 Å². The molecule has 0 bridgehead atoms. The van der Waals surface area contributed by atoms with Crippen molar-refractivity contribution in [1.29, 1.82) is 0 Å². The average molecular weight is 453 g/mol. The monoisotopic (exact) mass is 453 g/mol. The van der Waals surface area contributed by atoms with Crippen molar-refractivity contribution in [2.45, 2.75) is 39.2 Å². The van der Waals surface area contributed by atoms with Crippen molar-refractivity contribution in [2.75, 3.05) is 17.7 Å². The number of rotatable bonds is 6. The minimum Gasteiger partial charge on any atom is -0.465 e. The van der Waals surface area contributed by atoms with Gasteiger partial charge in [0.05, 0.1) is 42.6 Å². The maximum Gasteiger partial charge on any atom is 0.341 e. The minimum atomic E-state index is -0.840. The summed E-state index contributed by atoms with van der Waals surface area (Å²) in [5.74, 6) is -1.28. The Hall–Kier alpha value is -4.02. The number of halogens is 1. The number of ether oxygens (including phenoxy) is 1. The summed E-state index contributed by atoms with van der Waals surface area (Å²) in [5, 5.41) is 12.8. The van der Waals surface area contributed by atoms with Gasteiger partial charge in [-0.25, -0.2) is 14.2 Å². The van der Waals surface area contributed by atoms with E-state index in [1.165, 1.54) is 38.8 Å². The van der Waals surface area contributed by atoms with Crippen LogP contribution in [0.25, 0.3) is 27.8 Å². The number of methoxy groups -OCH3 is 1. The van der Waals surface area contributed by atoms with E-state index in [9.17, 15) is 9.59 Å². The van der Waals surface area contributed by atoms with Crippen LogP contribution in [-0.2, 0) is 9.53 Å². The van der Waals surface area contributed by atoms with Crippen LogP contribution in [0.3, 0.4) is 0 Å². The number of nitrogens with one attached hydrogen (secondary N) is 3. The number of esters is 1. The predicted octanol–water partition coefficient (Wildman–Crippen LogP) is 3.76. The summed E-state index contributed by atoms with van der Waals surface area (Å²) >= 11 is 0. The van der Waals surface area contributed by atoms with Crippen LogP contribution in [0.1, 0.15) is 43.5 Å². The lowest BCUT2D eigenvalue weighted by Crippen LogP contribution is -2.16. The molecule has 0 spiro atoms. The first-order valence-corrected chi connectivity index (χ1v) is 10.5. The molecule has 0 unspecified atom stereocenters. The van der Waals surface area contributed by atoms with E-state index in [1.807, 2.05) is 13.8 Å². The molecule has 10 nitrogen and oxygen atoms in total. The Morgan fingerprint density at radius 1 is 1.27 bits per heavy atom. The first-order chi connectivity index (χ1) is 15.9. The van der Waals surface area contributed by atoms with Crippen LogP contribution in [0, 0.1) is 5.82 Å². The van der Waals surface area contributed by atoms with E-state index < -0.39 is 11.8 Å². The Bertz CT molecular complexity index is 1320. The van der Waals surface area contributed by atoms with Gasteiger partial charge in [-0.3, -0.25) is 14.9 Å². The number of fused-ring (bicyclic) bond motifs is 2. The summed E-state index contributed by atoms with van der Waals surface area (Å²) in [6.45, 7) is 3.71. The molecular weight excluding hydrogens is 429 g/mol.